The summed E-state index contributed by atoms with van der Waals surface area (Å²) in [6.07, 6.45) is 6.19. The Balaban J connectivity index is 1.67. The molecule has 3 heterocycles. The van der Waals surface area contributed by atoms with Gasteiger partial charge in [0.2, 0.25) is 0 Å². The van der Waals surface area contributed by atoms with Gasteiger partial charge in [0.25, 0.3) is 5.91 Å². The fourth-order valence-electron chi connectivity index (χ4n) is 5.70. The maximum Gasteiger partial charge on any atom is 0.279 e. The zero-order valence-corrected chi connectivity index (χ0v) is 37.2. The van der Waals surface area contributed by atoms with Gasteiger partial charge in [-0.05, 0) is 91.8 Å². The lowest BCUT2D eigenvalue weighted by molar-refractivity contribution is 0.102. The van der Waals surface area contributed by atoms with Crippen LogP contribution in [0.4, 0.5) is 17.5 Å². The second kappa shape index (κ2) is 14.7. The van der Waals surface area contributed by atoms with E-state index >= 15 is 0 Å². The van der Waals surface area contributed by atoms with Crippen LogP contribution in [0, 0.1) is 10.8 Å². The summed E-state index contributed by atoms with van der Waals surface area (Å²) in [4.78, 5) is 30.2. The van der Waals surface area contributed by atoms with Crippen molar-refractivity contribution in [2.45, 2.75) is 142 Å². The number of hydrogen-bond donors (Lipinski definition) is 2. The SMILES string of the molecule is CC(C)(C)CS(=O)(=O)c1cccc(NC(=O)c2ncc(NC(C)(CO[Si](C)(C)C(C)(C)C)CO[Si](C)(C)C(C)(C)C)nc2N2CCC3(CC2)CC3)n1. The molecule has 0 bridgehead atoms. The van der Waals surface area contributed by atoms with Crippen LogP contribution in [0.3, 0.4) is 0 Å². The summed E-state index contributed by atoms with van der Waals surface area (Å²) in [5, 5.41) is 6.47. The third-order valence-electron chi connectivity index (χ3n) is 11.5. The quantitative estimate of drug-likeness (QED) is 0.191. The van der Waals surface area contributed by atoms with Crippen LogP contribution in [0.25, 0.3) is 0 Å². The molecule has 1 aliphatic carbocycles. The predicted molar refractivity (Wildman–Crippen MR) is 217 cm³/mol. The number of anilines is 3. The third-order valence-corrected chi connectivity index (χ3v) is 22.6. The molecular weight excluding hydrogens is 709 g/mol. The van der Waals surface area contributed by atoms with Crippen molar-refractivity contribution in [1.82, 2.24) is 15.0 Å². The number of pyridine rings is 1. The van der Waals surface area contributed by atoms with Gasteiger partial charge in [0.1, 0.15) is 11.6 Å². The zero-order valence-electron chi connectivity index (χ0n) is 34.4. The van der Waals surface area contributed by atoms with E-state index in [0.29, 0.717) is 30.3 Å². The van der Waals surface area contributed by atoms with Crippen molar-refractivity contribution in [1.29, 1.82) is 0 Å². The Labute approximate surface area is 316 Å². The molecule has 2 aromatic heterocycles. The lowest BCUT2D eigenvalue weighted by atomic mass is 9.93. The topological polar surface area (TPSA) is 136 Å². The number of piperidine rings is 1. The normalized spacial score (nSPS) is 17.3. The van der Waals surface area contributed by atoms with E-state index in [1.165, 1.54) is 18.9 Å². The van der Waals surface area contributed by atoms with Crippen molar-refractivity contribution in [3.63, 3.8) is 0 Å². The molecule has 11 nitrogen and oxygen atoms in total. The first-order valence-corrected chi connectivity index (χ1v) is 26.2. The number of nitrogens with one attached hydrogen (secondary N) is 2. The van der Waals surface area contributed by atoms with Crippen molar-refractivity contribution in [2.24, 2.45) is 10.8 Å². The highest BCUT2D eigenvalue weighted by Crippen LogP contribution is 2.54. The molecule has 0 atom stereocenters. The van der Waals surface area contributed by atoms with Crippen LogP contribution in [0.2, 0.25) is 36.3 Å². The smallest absolute Gasteiger partial charge is 0.279 e. The Kier molecular flexibility index (Phi) is 12.0. The molecule has 52 heavy (non-hydrogen) atoms. The van der Waals surface area contributed by atoms with Crippen LogP contribution in [0.1, 0.15) is 105 Å². The van der Waals surface area contributed by atoms with Crippen molar-refractivity contribution >= 4 is 49.8 Å². The molecule has 2 N–H and O–H groups in total. The minimum atomic E-state index is -3.66. The van der Waals surface area contributed by atoms with E-state index in [1.54, 1.807) is 18.3 Å². The molecule has 0 radical (unpaired) electrons. The highest BCUT2D eigenvalue weighted by molar-refractivity contribution is 7.91. The Hall–Kier alpha value is -2.40. The number of rotatable bonds is 13. The lowest BCUT2D eigenvalue weighted by Gasteiger charge is -2.43. The standard InChI is InChI=1S/C38H66N6O5SSi2/c1-34(2,3)27-50(46,47)30-17-15-16-28(40-30)42-33(45)31-32(44-22-20-38(18-19-38)21-23-44)41-29(24-39-31)43-37(10,25-48-51(11,12)35(4,5)6)26-49-52(13,14)36(7,8)9/h15-17,24H,18-23,25-27H2,1-14H3,(H,41,43)(H,40,42,45). The molecule has 1 amide bonds. The molecule has 2 aromatic rings. The van der Waals surface area contributed by atoms with E-state index < -0.39 is 43.3 Å². The molecule has 292 valence electrons. The highest BCUT2D eigenvalue weighted by atomic mass is 32.2. The van der Waals surface area contributed by atoms with Crippen molar-refractivity contribution in [3.05, 3.63) is 30.1 Å². The van der Waals surface area contributed by atoms with Crippen LogP contribution in [0.15, 0.2) is 29.4 Å². The van der Waals surface area contributed by atoms with Crippen molar-refractivity contribution < 1.29 is 22.1 Å². The van der Waals surface area contributed by atoms with Crippen LogP contribution in [0.5, 0.6) is 0 Å². The van der Waals surface area contributed by atoms with Gasteiger partial charge in [-0.15, -0.1) is 0 Å². The van der Waals surface area contributed by atoms with Crippen LogP contribution < -0.4 is 15.5 Å². The highest BCUT2D eigenvalue weighted by Gasteiger charge is 2.46. The first-order chi connectivity index (χ1) is 23.6. The number of hydrogen-bond acceptors (Lipinski definition) is 10. The second-order valence-electron chi connectivity index (χ2n) is 19.8. The summed E-state index contributed by atoms with van der Waals surface area (Å²) >= 11 is 0. The molecule has 14 heteroatoms. The van der Waals surface area contributed by atoms with Gasteiger partial charge < -0.3 is 24.4 Å². The summed E-state index contributed by atoms with van der Waals surface area (Å²) in [7, 11) is -7.87. The molecule has 1 aliphatic heterocycles. The largest absolute Gasteiger partial charge is 0.414 e. The Morgan fingerprint density at radius 3 is 1.85 bits per heavy atom. The number of amides is 1. The lowest BCUT2D eigenvalue weighted by Crippen LogP contribution is -2.53. The van der Waals surface area contributed by atoms with Gasteiger partial charge in [0.15, 0.2) is 43.0 Å². The molecule has 0 unspecified atom stereocenters. The van der Waals surface area contributed by atoms with Gasteiger partial charge in [0, 0.05) is 13.1 Å². The fourth-order valence-corrected chi connectivity index (χ4v) is 9.74. The Bertz CT molecular complexity index is 1670. The van der Waals surface area contributed by atoms with Crippen molar-refractivity contribution in [3.8, 4) is 0 Å². The molecule has 2 aliphatic rings. The van der Waals surface area contributed by atoms with Gasteiger partial charge in [-0.25, -0.2) is 23.4 Å². The maximum atomic E-state index is 13.9. The fraction of sp³-hybridized carbons (Fsp3) is 0.737. The average Bonchev–Trinajstić information content (AvgIpc) is 3.76. The van der Waals surface area contributed by atoms with Gasteiger partial charge >= 0.3 is 0 Å². The van der Waals surface area contributed by atoms with Gasteiger partial charge in [0.05, 0.1) is 30.7 Å². The third kappa shape index (κ3) is 10.6. The summed E-state index contributed by atoms with van der Waals surface area (Å²) in [5.74, 6) is 0.609. The second-order valence-corrected chi connectivity index (χ2v) is 31.4. The number of aromatic nitrogens is 3. The number of carbonyl (C=O) groups is 1. The first-order valence-electron chi connectivity index (χ1n) is 18.8. The number of carbonyl (C=O) groups excluding carboxylic acids is 1. The molecule has 1 saturated carbocycles. The van der Waals surface area contributed by atoms with E-state index in [2.05, 4.69) is 95.2 Å². The number of sulfone groups is 1. The minimum absolute atomic E-state index is 0.0362. The Morgan fingerprint density at radius 1 is 0.827 bits per heavy atom. The Morgan fingerprint density at radius 2 is 1.37 bits per heavy atom. The molecule has 0 aromatic carbocycles. The van der Waals surface area contributed by atoms with Crippen LogP contribution in [-0.4, -0.2) is 83.5 Å². The van der Waals surface area contributed by atoms with Crippen LogP contribution in [-0.2, 0) is 18.7 Å². The van der Waals surface area contributed by atoms with Crippen molar-refractivity contribution in [2.75, 3.05) is 47.6 Å². The molecule has 4 rings (SSSR count). The van der Waals surface area contributed by atoms with E-state index in [9.17, 15) is 13.2 Å². The molecule has 1 saturated heterocycles. The maximum absolute atomic E-state index is 13.9. The summed E-state index contributed by atoms with van der Waals surface area (Å²) in [5.41, 5.74) is -0.494. The molecule has 1 spiro atoms. The summed E-state index contributed by atoms with van der Waals surface area (Å²) < 4.78 is 39.8. The number of nitrogens with zero attached hydrogens (tertiary/aromatic N) is 4. The van der Waals surface area contributed by atoms with Gasteiger partial charge in [-0.3, -0.25) is 4.79 Å². The zero-order chi connectivity index (χ0) is 39.2. The monoisotopic (exact) mass is 774 g/mol. The molecular formula is C38H66N6O5SSi2. The van der Waals surface area contributed by atoms with E-state index in [0.717, 1.165) is 25.9 Å². The van der Waals surface area contributed by atoms with Gasteiger partial charge in [-0.1, -0.05) is 68.4 Å². The molecule has 2 fully saturated rings. The minimum Gasteiger partial charge on any atom is -0.414 e. The van der Waals surface area contributed by atoms with E-state index in [4.69, 9.17) is 18.8 Å². The predicted octanol–water partition coefficient (Wildman–Crippen LogP) is 8.54. The summed E-state index contributed by atoms with van der Waals surface area (Å²) in [6.45, 7) is 32.5. The average molecular weight is 775 g/mol. The van der Waals surface area contributed by atoms with Crippen LogP contribution >= 0.6 is 0 Å². The first kappa shape index (κ1) is 42.3. The van der Waals surface area contributed by atoms with E-state index in [1.807, 2.05) is 20.8 Å². The van der Waals surface area contributed by atoms with E-state index in [-0.39, 0.29) is 32.4 Å². The van der Waals surface area contributed by atoms with Gasteiger partial charge in [-0.2, -0.15) is 0 Å². The summed E-state index contributed by atoms with van der Waals surface area (Å²) in [6, 6.07) is 4.64.